The van der Waals surface area contributed by atoms with E-state index in [9.17, 15) is 9.59 Å². The molecule has 0 unspecified atom stereocenters. The first kappa shape index (κ1) is 17.1. The van der Waals surface area contributed by atoms with Crippen LogP contribution in [-0.2, 0) is 5.75 Å². The molecule has 3 aromatic rings. The Kier molecular flexibility index (Phi) is 5.76. The number of nitrogens with one attached hydrogen (secondary N) is 2. The van der Waals surface area contributed by atoms with Crippen molar-refractivity contribution in [1.82, 2.24) is 20.8 Å². The first-order chi connectivity index (χ1) is 12.2. The zero-order chi connectivity index (χ0) is 17.5. The van der Waals surface area contributed by atoms with Gasteiger partial charge in [0.05, 0.1) is 16.8 Å². The molecule has 0 radical (unpaired) electrons. The number of pyridine rings is 1. The number of hydrazine groups is 1. The van der Waals surface area contributed by atoms with Crippen molar-refractivity contribution in [3.63, 3.8) is 0 Å². The lowest BCUT2D eigenvalue weighted by Crippen LogP contribution is -2.42. The molecule has 2 amide bonds. The van der Waals surface area contributed by atoms with Gasteiger partial charge in [0.2, 0.25) is 0 Å². The number of thiazole rings is 1. The molecule has 0 spiro atoms. The zero-order valence-corrected chi connectivity index (χ0v) is 14.6. The Morgan fingerprint density at radius 1 is 1.00 bits per heavy atom. The van der Waals surface area contributed by atoms with Crippen molar-refractivity contribution in [3.8, 4) is 0 Å². The van der Waals surface area contributed by atoms with Crippen molar-refractivity contribution in [2.45, 2.75) is 10.6 Å². The number of hydrogen-bond donors (Lipinski definition) is 2. The molecule has 25 heavy (non-hydrogen) atoms. The minimum Gasteiger partial charge on any atom is -0.267 e. The van der Waals surface area contributed by atoms with E-state index >= 15 is 0 Å². The Labute approximate surface area is 152 Å². The molecule has 126 valence electrons. The van der Waals surface area contributed by atoms with Gasteiger partial charge >= 0.3 is 0 Å². The minimum atomic E-state index is -0.471. The van der Waals surface area contributed by atoms with E-state index in [0.29, 0.717) is 11.3 Å². The van der Waals surface area contributed by atoms with E-state index in [2.05, 4.69) is 20.8 Å². The van der Waals surface area contributed by atoms with Crippen molar-refractivity contribution in [1.29, 1.82) is 0 Å². The largest absolute Gasteiger partial charge is 0.288 e. The lowest BCUT2D eigenvalue weighted by Gasteiger charge is -2.10. The van der Waals surface area contributed by atoms with Gasteiger partial charge in [-0.05, 0) is 24.3 Å². The quantitative estimate of drug-likeness (QED) is 0.533. The Morgan fingerprint density at radius 2 is 1.80 bits per heavy atom. The Balaban J connectivity index is 1.62. The van der Waals surface area contributed by atoms with Gasteiger partial charge in [-0.15, -0.1) is 23.1 Å². The van der Waals surface area contributed by atoms with Crippen LogP contribution < -0.4 is 10.9 Å². The Hall–Kier alpha value is -2.71. The maximum absolute atomic E-state index is 12.4. The number of hydrogen-bond acceptors (Lipinski definition) is 6. The average Bonchev–Trinajstić information content (AvgIpc) is 3.18. The van der Waals surface area contributed by atoms with E-state index in [1.165, 1.54) is 29.3 Å². The topological polar surface area (TPSA) is 84.0 Å². The third-order valence-electron chi connectivity index (χ3n) is 3.18. The molecule has 0 aliphatic heterocycles. The van der Waals surface area contributed by atoms with Crippen LogP contribution in [-0.4, -0.2) is 21.8 Å². The third-order valence-corrected chi connectivity index (χ3v) is 4.92. The van der Waals surface area contributed by atoms with Gasteiger partial charge < -0.3 is 0 Å². The average molecular weight is 370 g/mol. The standard InChI is InChI=1S/C17H14N4O2S2/c22-16(20-21-17(23)14-6-3-4-8-18-14)13-5-1-2-7-15(13)25-10-12-9-24-11-19-12/h1-9,11H,10H2,(H,20,22)(H,21,23). The van der Waals surface area contributed by atoms with Gasteiger partial charge in [-0.25, -0.2) is 4.98 Å². The molecule has 0 aliphatic carbocycles. The van der Waals surface area contributed by atoms with Gasteiger partial charge in [-0.2, -0.15) is 0 Å². The number of aromatic nitrogens is 2. The molecule has 2 N–H and O–H groups in total. The summed E-state index contributed by atoms with van der Waals surface area (Å²) in [4.78, 5) is 33.3. The second-order valence-corrected chi connectivity index (χ2v) is 6.62. The van der Waals surface area contributed by atoms with Gasteiger partial charge in [0.1, 0.15) is 5.69 Å². The highest BCUT2D eigenvalue weighted by Gasteiger charge is 2.13. The molecule has 0 fully saturated rings. The predicted molar refractivity (Wildman–Crippen MR) is 97.3 cm³/mol. The molecule has 0 atom stereocenters. The summed E-state index contributed by atoms with van der Waals surface area (Å²) in [7, 11) is 0. The molecule has 8 heteroatoms. The van der Waals surface area contributed by atoms with Crippen LogP contribution in [0, 0.1) is 0 Å². The van der Waals surface area contributed by atoms with Crippen molar-refractivity contribution < 1.29 is 9.59 Å². The van der Waals surface area contributed by atoms with Crippen LogP contribution in [0.15, 0.2) is 64.4 Å². The number of nitrogens with zero attached hydrogens (tertiary/aromatic N) is 2. The highest BCUT2D eigenvalue weighted by molar-refractivity contribution is 7.98. The Morgan fingerprint density at radius 3 is 2.56 bits per heavy atom. The van der Waals surface area contributed by atoms with Gasteiger partial charge in [0, 0.05) is 22.2 Å². The fourth-order valence-electron chi connectivity index (χ4n) is 1.98. The maximum atomic E-state index is 12.4. The fraction of sp³-hybridized carbons (Fsp3) is 0.0588. The summed E-state index contributed by atoms with van der Waals surface area (Å²) in [5, 5.41) is 1.97. The van der Waals surface area contributed by atoms with Crippen LogP contribution in [0.1, 0.15) is 26.5 Å². The number of benzene rings is 1. The van der Waals surface area contributed by atoms with E-state index in [1.807, 2.05) is 17.5 Å². The first-order valence-corrected chi connectivity index (χ1v) is 9.27. The molecule has 2 aromatic heterocycles. The second kappa shape index (κ2) is 8.41. The van der Waals surface area contributed by atoms with Crippen molar-refractivity contribution in [3.05, 3.63) is 76.5 Å². The van der Waals surface area contributed by atoms with Crippen molar-refractivity contribution >= 4 is 34.9 Å². The van der Waals surface area contributed by atoms with E-state index < -0.39 is 5.91 Å². The molecular weight excluding hydrogens is 356 g/mol. The monoisotopic (exact) mass is 370 g/mol. The predicted octanol–water partition coefficient (Wildman–Crippen LogP) is 2.91. The number of thioether (sulfide) groups is 1. The third kappa shape index (κ3) is 4.65. The Bertz CT molecular complexity index is 854. The summed E-state index contributed by atoms with van der Waals surface area (Å²) in [6, 6.07) is 12.2. The second-order valence-electron chi connectivity index (χ2n) is 4.89. The van der Waals surface area contributed by atoms with E-state index in [4.69, 9.17) is 0 Å². The lowest BCUT2D eigenvalue weighted by molar-refractivity contribution is 0.0842. The summed E-state index contributed by atoms with van der Waals surface area (Å²) < 4.78 is 0. The molecular formula is C17H14N4O2S2. The lowest BCUT2D eigenvalue weighted by atomic mass is 10.2. The highest BCUT2D eigenvalue weighted by Crippen LogP contribution is 2.26. The summed E-state index contributed by atoms with van der Waals surface area (Å²) in [5.41, 5.74) is 8.26. The van der Waals surface area contributed by atoms with Crippen LogP contribution >= 0.6 is 23.1 Å². The highest BCUT2D eigenvalue weighted by atomic mass is 32.2. The van der Waals surface area contributed by atoms with E-state index in [-0.39, 0.29) is 11.6 Å². The van der Waals surface area contributed by atoms with Crippen molar-refractivity contribution in [2.24, 2.45) is 0 Å². The summed E-state index contributed by atoms with van der Waals surface area (Å²) in [5.74, 6) is -0.180. The van der Waals surface area contributed by atoms with Gasteiger partial charge in [0.15, 0.2) is 0 Å². The van der Waals surface area contributed by atoms with Crippen LogP contribution in [0.5, 0.6) is 0 Å². The van der Waals surface area contributed by atoms with Crippen LogP contribution in [0.4, 0.5) is 0 Å². The summed E-state index contributed by atoms with van der Waals surface area (Å²) in [6.45, 7) is 0. The first-order valence-electron chi connectivity index (χ1n) is 7.34. The van der Waals surface area contributed by atoms with Crippen LogP contribution in [0.2, 0.25) is 0 Å². The molecule has 0 saturated heterocycles. The van der Waals surface area contributed by atoms with E-state index in [1.54, 1.807) is 35.8 Å². The SMILES string of the molecule is O=C(NNC(=O)c1ccccc1SCc1cscn1)c1ccccn1. The number of carbonyl (C=O) groups excluding carboxylic acids is 2. The van der Waals surface area contributed by atoms with Gasteiger partial charge in [0.25, 0.3) is 11.8 Å². The van der Waals surface area contributed by atoms with Crippen LogP contribution in [0.3, 0.4) is 0 Å². The summed E-state index contributed by atoms with van der Waals surface area (Å²) >= 11 is 3.06. The molecule has 3 rings (SSSR count). The summed E-state index contributed by atoms with van der Waals surface area (Å²) in [6.07, 6.45) is 1.52. The molecule has 0 bridgehead atoms. The van der Waals surface area contributed by atoms with E-state index in [0.717, 1.165) is 10.6 Å². The molecule has 0 saturated carbocycles. The molecule has 6 nitrogen and oxygen atoms in total. The van der Waals surface area contributed by atoms with Crippen LogP contribution in [0.25, 0.3) is 0 Å². The number of rotatable bonds is 5. The number of amides is 2. The molecule has 2 heterocycles. The molecule has 0 aliphatic rings. The number of carbonyl (C=O) groups is 2. The normalized spacial score (nSPS) is 10.2. The zero-order valence-electron chi connectivity index (χ0n) is 13.0. The van der Waals surface area contributed by atoms with Crippen molar-refractivity contribution in [2.75, 3.05) is 0 Å². The fourth-order valence-corrected chi connectivity index (χ4v) is 3.60. The molecule has 1 aromatic carbocycles. The minimum absolute atomic E-state index is 0.231. The van der Waals surface area contributed by atoms with Gasteiger partial charge in [-0.3, -0.25) is 25.4 Å². The smallest absolute Gasteiger partial charge is 0.267 e. The van der Waals surface area contributed by atoms with Gasteiger partial charge in [-0.1, -0.05) is 18.2 Å². The maximum Gasteiger partial charge on any atom is 0.288 e.